The second-order valence-electron chi connectivity index (χ2n) is 6.95. The van der Waals surface area contributed by atoms with Crippen LogP contribution in [0.25, 0.3) is 0 Å². The molecule has 0 bridgehead atoms. The third-order valence-electron chi connectivity index (χ3n) is 4.17. The van der Waals surface area contributed by atoms with Crippen LogP contribution in [-0.2, 0) is 44.3 Å². The van der Waals surface area contributed by atoms with Gasteiger partial charge < -0.3 is 0 Å². The monoisotopic (exact) mass is 580 g/mol. The van der Waals surface area contributed by atoms with Gasteiger partial charge in [-0.25, -0.2) is 0 Å². The Morgan fingerprint density at radius 1 is 0.606 bits per heavy atom. The van der Waals surface area contributed by atoms with Gasteiger partial charge >= 0.3 is 201 Å². The standard InChI is InChI=1S/2C7H10O5.2C4H9.Sn/c2*1-11-4-5-12-7(10)3-2-6(8)9;2*1-3-4-2;/h2*2-3H,4-5H2,1H3,(H,8,9);2*1,3-4H2,2H3;/q;;;;+2/p-2/b2*3-2+;;;. The van der Waals surface area contributed by atoms with E-state index in [0.717, 1.165) is 37.1 Å². The maximum absolute atomic E-state index is 12.4. The molecule has 0 N–H and O–H groups in total. The van der Waals surface area contributed by atoms with Crippen molar-refractivity contribution in [1.82, 2.24) is 0 Å². The van der Waals surface area contributed by atoms with Gasteiger partial charge in [0.05, 0.1) is 0 Å². The first kappa shape index (κ1) is 31.1. The first-order chi connectivity index (χ1) is 15.8. The summed E-state index contributed by atoms with van der Waals surface area (Å²) in [5.74, 6) is -2.95. The van der Waals surface area contributed by atoms with Crippen LogP contribution in [0.2, 0.25) is 8.87 Å². The van der Waals surface area contributed by atoms with Gasteiger partial charge in [-0.1, -0.05) is 0 Å². The molecule has 11 heteroatoms. The number of methoxy groups -OCH3 is 2. The van der Waals surface area contributed by atoms with Crippen molar-refractivity contribution in [2.24, 2.45) is 0 Å². The summed E-state index contributed by atoms with van der Waals surface area (Å²) in [6.07, 6.45) is 6.94. The predicted molar refractivity (Wildman–Crippen MR) is 121 cm³/mol. The van der Waals surface area contributed by atoms with Crippen molar-refractivity contribution in [2.45, 2.75) is 48.4 Å². The first-order valence-electron chi connectivity index (χ1n) is 11.0. The Balaban J connectivity index is 5.26. The molecule has 0 saturated carbocycles. The topological polar surface area (TPSA) is 124 Å². The third kappa shape index (κ3) is 16.4. The van der Waals surface area contributed by atoms with Crippen LogP contribution in [0.15, 0.2) is 24.3 Å². The number of hydrogen-bond acceptors (Lipinski definition) is 10. The number of rotatable bonds is 18. The molecule has 0 amide bonds. The average Bonchev–Trinajstić information content (AvgIpc) is 2.79. The maximum atomic E-state index is 12.4. The van der Waals surface area contributed by atoms with Crippen LogP contribution in [0.1, 0.15) is 39.5 Å². The number of ether oxygens (including phenoxy) is 4. The molecule has 0 unspecified atom stereocenters. The minimum absolute atomic E-state index is 0.0583. The summed E-state index contributed by atoms with van der Waals surface area (Å²) in [6.45, 7) is 4.55. The van der Waals surface area contributed by atoms with Gasteiger partial charge in [0, 0.05) is 0 Å². The van der Waals surface area contributed by atoms with E-state index in [1.54, 1.807) is 0 Å². The second-order valence-corrected chi connectivity index (χ2v) is 16.2. The average molecular weight is 579 g/mol. The molecular weight excluding hydrogens is 543 g/mol. The van der Waals surface area contributed by atoms with Crippen molar-refractivity contribution in [3.63, 3.8) is 0 Å². The van der Waals surface area contributed by atoms with Gasteiger partial charge in [-0.15, -0.1) is 0 Å². The van der Waals surface area contributed by atoms with Crippen LogP contribution < -0.4 is 0 Å². The van der Waals surface area contributed by atoms with E-state index in [1.165, 1.54) is 14.2 Å². The van der Waals surface area contributed by atoms with Gasteiger partial charge in [0.25, 0.3) is 0 Å². The molecule has 0 rings (SSSR count). The number of carbonyl (C=O) groups is 4. The summed E-state index contributed by atoms with van der Waals surface area (Å²) in [5, 5.41) is 0. The molecule has 0 radical (unpaired) electrons. The Hall–Kier alpha value is -1.92. The number of carbonyl (C=O) groups excluding carboxylic acids is 4. The van der Waals surface area contributed by atoms with E-state index in [1.807, 2.05) is 13.8 Å². The fourth-order valence-electron chi connectivity index (χ4n) is 2.50. The fourth-order valence-corrected chi connectivity index (χ4v) is 12.1. The SMILES string of the molecule is CCC[CH2][Sn]([CH2]CCC)([O]C(=O)/C=C/C(=O)OCCOC)[O]C(=O)/C=C/C(=O)OCCOC. The normalized spacial score (nSPS) is 11.5. The van der Waals surface area contributed by atoms with Crippen molar-refractivity contribution >= 4 is 43.1 Å². The van der Waals surface area contributed by atoms with Crippen LogP contribution in [0.3, 0.4) is 0 Å². The Morgan fingerprint density at radius 3 is 1.30 bits per heavy atom. The zero-order valence-electron chi connectivity index (χ0n) is 20.0. The molecule has 0 saturated heterocycles. The number of unbranched alkanes of at least 4 members (excludes halogenated alkanes) is 2. The van der Waals surface area contributed by atoms with Gasteiger partial charge in [0.15, 0.2) is 0 Å². The fraction of sp³-hybridized carbons (Fsp3) is 0.636. The molecule has 0 aliphatic rings. The van der Waals surface area contributed by atoms with E-state index in [-0.39, 0.29) is 26.4 Å². The minimum atomic E-state index is -4.23. The molecule has 0 aliphatic heterocycles. The summed E-state index contributed by atoms with van der Waals surface area (Å²) < 4.78 is 31.7. The van der Waals surface area contributed by atoms with Crippen molar-refractivity contribution in [2.75, 3.05) is 40.6 Å². The molecule has 0 aromatic rings. The van der Waals surface area contributed by atoms with Crippen molar-refractivity contribution in [3.8, 4) is 0 Å². The molecule has 0 aliphatic carbocycles. The molecule has 0 fully saturated rings. The van der Waals surface area contributed by atoms with E-state index in [9.17, 15) is 19.2 Å². The van der Waals surface area contributed by atoms with E-state index in [2.05, 4.69) is 0 Å². The Labute approximate surface area is 200 Å². The van der Waals surface area contributed by atoms with Gasteiger partial charge in [0.1, 0.15) is 0 Å². The van der Waals surface area contributed by atoms with Gasteiger partial charge in [-0.2, -0.15) is 0 Å². The van der Waals surface area contributed by atoms with Crippen molar-refractivity contribution in [3.05, 3.63) is 24.3 Å². The van der Waals surface area contributed by atoms with Gasteiger partial charge in [-0.05, 0) is 0 Å². The van der Waals surface area contributed by atoms with Crippen molar-refractivity contribution < 1.29 is 44.3 Å². The molecule has 0 aromatic heterocycles. The summed E-state index contributed by atoms with van der Waals surface area (Å²) >= 11 is -4.23. The molecule has 0 spiro atoms. The Bertz CT molecular complexity index is 604. The summed E-state index contributed by atoms with van der Waals surface area (Å²) in [7, 11) is 2.95. The quantitative estimate of drug-likeness (QED) is 0.104. The van der Waals surface area contributed by atoms with E-state index < -0.39 is 43.1 Å². The Morgan fingerprint density at radius 2 is 0.970 bits per heavy atom. The molecule has 188 valence electrons. The summed E-state index contributed by atoms with van der Waals surface area (Å²) in [5.41, 5.74) is 0. The Kier molecular flexibility index (Phi) is 18.4. The molecule has 10 nitrogen and oxygen atoms in total. The van der Waals surface area contributed by atoms with Crippen LogP contribution in [0.4, 0.5) is 0 Å². The molecule has 0 atom stereocenters. The van der Waals surface area contributed by atoms with Crippen LogP contribution >= 0.6 is 0 Å². The number of hydrogen-bond donors (Lipinski definition) is 0. The van der Waals surface area contributed by atoms with Gasteiger partial charge in [0.2, 0.25) is 0 Å². The second kappa shape index (κ2) is 19.5. The van der Waals surface area contributed by atoms with Crippen LogP contribution in [0.5, 0.6) is 0 Å². The zero-order chi connectivity index (χ0) is 25.0. The number of esters is 2. The van der Waals surface area contributed by atoms with E-state index >= 15 is 0 Å². The first-order valence-corrected chi connectivity index (χ1v) is 17.3. The van der Waals surface area contributed by atoms with Crippen molar-refractivity contribution in [1.29, 1.82) is 0 Å². The summed E-state index contributed by atoms with van der Waals surface area (Å²) in [6, 6.07) is 0. The molecular formula is C22H36O10Sn. The molecule has 0 aromatic carbocycles. The molecule has 33 heavy (non-hydrogen) atoms. The van der Waals surface area contributed by atoms with Crippen LogP contribution in [-0.4, -0.2) is 83.7 Å². The van der Waals surface area contributed by atoms with Crippen LogP contribution in [0, 0.1) is 0 Å². The summed E-state index contributed by atoms with van der Waals surface area (Å²) in [4.78, 5) is 48.2. The molecule has 0 heterocycles. The third-order valence-corrected chi connectivity index (χ3v) is 13.8. The van der Waals surface area contributed by atoms with E-state index in [4.69, 9.17) is 25.1 Å². The van der Waals surface area contributed by atoms with E-state index in [0.29, 0.717) is 21.7 Å². The zero-order valence-corrected chi connectivity index (χ0v) is 22.8. The predicted octanol–water partition coefficient (Wildman–Crippen LogP) is 2.61. The van der Waals surface area contributed by atoms with Gasteiger partial charge in [-0.3, -0.25) is 0 Å².